The van der Waals surface area contributed by atoms with E-state index in [1.165, 1.54) is 0 Å². The summed E-state index contributed by atoms with van der Waals surface area (Å²) in [5.74, 6) is 0.138. The Hall–Kier alpha value is -0.500. The van der Waals surface area contributed by atoms with Crippen molar-refractivity contribution >= 4 is 21.4 Å². The lowest BCUT2D eigenvalue weighted by molar-refractivity contribution is 0.574. The molecule has 0 saturated heterocycles. The van der Waals surface area contributed by atoms with E-state index in [0.29, 0.717) is 6.54 Å². The van der Waals surface area contributed by atoms with Crippen LogP contribution in [0.25, 0.3) is 0 Å². The Bertz CT molecular complexity index is 375. The minimum atomic E-state index is -3.04. The number of nitrogens with zero attached hydrogens (tertiary/aromatic N) is 1. The third kappa shape index (κ3) is 5.55. The van der Waals surface area contributed by atoms with Crippen molar-refractivity contribution in [2.75, 3.05) is 18.8 Å². The maximum atomic E-state index is 11.1. The molecule has 2 N–H and O–H groups in total. The van der Waals surface area contributed by atoms with Gasteiger partial charge in [-0.1, -0.05) is 0 Å². The van der Waals surface area contributed by atoms with Crippen molar-refractivity contribution < 1.29 is 8.42 Å². The third-order valence-corrected chi connectivity index (χ3v) is 4.06. The van der Waals surface area contributed by atoms with E-state index < -0.39 is 10.0 Å². The van der Waals surface area contributed by atoms with Crippen LogP contribution in [0.1, 0.15) is 19.0 Å². The van der Waals surface area contributed by atoms with Crippen molar-refractivity contribution in [3.8, 4) is 0 Å². The fourth-order valence-electron chi connectivity index (χ4n) is 1.08. The molecule has 0 spiro atoms. The molecule has 0 aromatic carbocycles. The molecule has 7 heteroatoms. The molecule has 0 aliphatic heterocycles. The molecule has 92 valence electrons. The zero-order chi connectivity index (χ0) is 11.9. The maximum Gasteiger partial charge on any atom is 0.211 e. The minimum Gasteiger partial charge on any atom is -0.311 e. The third-order valence-electron chi connectivity index (χ3n) is 2.02. The van der Waals surface area contributed by atoms with Gasteiger partial charge < -0.3 is 5.32 Å². The van der Waals surface area contributed by atoms with E-state index in [-0.39, 0.29) is 5.75 Å². The molecule has 0 aliphatic carbocycles. The first-order valence-corrected chi connectivity index (χ1v) is 7.78. The average molecular weight is 263 g/mol. The van der Waals surface area contributed by atoms with Gasteiger partial charge in [-0.05, 0) is 19.9 Å². The van der Waals surface area contributed by atoms with Crippen LogP contribution < -0.4 is 10.0 Å². The van der Waals surface area contributed by atoms with Gasteiger partial charge in [0.1, 0.15) is 0 Å². The minimum absolute atomic E-state index is 0.138. The van der Waals surface area contributed by atoms with Gasteiger partial charge in [-0.15, -0.1) is 11.3 Å². The standard InChI is InChI=1S/C9H17N3O2S2/c1-2-16(13,14)12-5-3-4-10-6-9-7-15-8-11-9/h7-8,10,12H,2-6H2,1H3. The highest BCUT2D eigenvalue weighted by atomic mass is 32.2. The van der Waals surface area contributed by atoms with Gasteiger partial charge in [0.05, 0.1) is 17.0 Å². The lowest BCUT2D eigenvalue weighted by atomic mass is 10.4. The molecule has 1 aromatic rings. The predicted molar refractivity (Wildman–Crippen MR) is 65.9 cm³/mol. The second-order valence-corrected chi connectivity index (χ2v) is 6.12. The average Bonchev–Trinajstić information content (AvgIpc) is 2.76. The summed E-state index contributed by atoms with van der Waals surface area (Å²) < 4.78 is 24.7. The number of rotatable bonds is 8. The van der Waals surface area contributed by atoms with Crippen molar-refractivity contribution in [2.24, 2.45) is 0 Å². The van der Waals surface area contributed by atoms with E-state index in [0.717, 1.165) is 25.2 Å². The van der Waals surface area contributed by atoms with E-state index in [2.05, 4.69) is 15.0 Å². The summed E-state index contributed by atoms with van der Waals surface area (Å²) in [5.41, 5.74) is 2.82. The van der Waals surface area contributed by atoms with E-state index in [9.17, 15) is 8.42 Å². The second-order valence-electron chi connectivity index (χ2n) is 3.31. The molecule has 0 unspecified atom stereocenters. The number of sulfonamides is 1. The largest absolute Gasteiger partial charge is 0.311 e. The summed E-state index contributed by atoms with van der Waals surface area (Å²) in [4.78, 5) is 4.13. The Labute approximate surface area is 100 Å². The summed E-state index contributed by atoms with van der Waals surface area (Å²) in [5, 5.41) is 5.19. The Morgan fingerprint density at radius 2 is 2.25 bits per heavy atom. The van der Waals surface area contributed by atoms with Crippen LogP contribution in [0.4, 0.5) is 0 Å². The van der Waals surface area contributed by atoms with E-state index in [1.807, 2.05) is 5.38 Å². The highest BCUT2D eigenvalue weighted by molar-refractivity contribution is 7.89. The molecule has 1 rings (SSSR count). The van der Waals surface area contributed by atoms with Gasteiger partial charge in [-0.2, -0.15) is 0 Å². The van der Waals surface area contributed by atoms with E-state index >= 15 is 0 Å². The molecule has 5 nitrogen and oxygen atoms in total. The van der Waals surface area contributed by atoms with E-state index in [4.69, 9.17) is 0 Å². The molecule has 0 saturated carbocycles. The van der Waals surface area contributed by atoms with Crippen LogP contribution in [0.2, 0.25) is 0 Å². The lowest BCUT2D eigenvalue weighted by Gasteiger charge is -2.04. The van der Waals surface area contributed by atoms with Crippen molar-refractivity contribution in [3.05, 3.63) is 16.6 Å². The van der Waals surface area contributed by atoms with Gasteiger partial charge in [0.15, 0.2) is 0 Å². The van der Waals surface area contributed by atoms with Crippen LogP contribution in [-0.2, 0) is 16.6 Å². The van der Waals surface area contributed by atoms with Crippen LogP contribution in [0.3, 0.4) is 0 Å². The number of hydrogen-bond donors (Lipinski definition) is 2. The molecular weight excluding hydrogens is 246 g/mol. The topological polar surface area (TPSA) is 71.1 Å². The molecule has 0 atom stereocenters. The van der Waals surface area contributed by atoms with Gasteiger partial charge in [0.2, 0.25) is 10.0 Å². The number of hydrogen-bond acceptors (Lipinski definition) is 5. The number of nitrogens with one attached hydrogen (secondary N) is 2. The Kier molecular flexibility index (Phi) is 5.89. The molecule has 1 aromatic heterocycles. The first-order valence-electron chi connectivity index (χ1n) is 5.19. The predicted octanol–water partition coefficient (Wildman–Crippen LogP) is 0.562. The van der Waals surface area contributed by atoms with Gasteiger partial charge >= 0.3 is 0 Å². The molecule has 0 bridgehead atoms. The molecular formula is C9H17N3O2S2. The molecule has 0 aliphatic rings. The van der Waals surface area contributed by atoms with Crippen LogP contribution in [0.5, 0.6) is 0 Å². The smallest absolute Gasteiger partial charge is 0.211 e. The quantitative estimate of drug-likeness (QED) is 0.672. The fraction of sp³-hybridized carbons (Fsp3) is 0.667. The lowest BCUT2D eigenvalue weighted by Crippen LogP contribution is -2.28. The Balaban J connectivity index is 2.01. The Morgan fingerprint density at radius 3 is 2.88 bits per heavy atom. The normalized spacial score (nSPS) is 11.8. The van der Waals surface area contributed by atoms with Crippen LogP contribution >= 0.6 is 11.3 Å². The summed E-state index contributed by atoms with van der Waals surface area (Å²) in [6.07, 6.45) is 0.781. The zero-order valence-electron chi connectivity index (χ0n) is 9.27. The van der Waals surface area contributed by atoms with Crippen molar-refractivity contribution in [1.82, 2.24) is 15.0 Å². The van der Waals surface area contributed by atoms with Gasteiger partial charge in [0.25, 0.3) is 0 Å². The monoisotopic (exact) mass is 263 g/mol. The highest BCUT2D eigenvalue weighted by Crippen LogP contribution is 1.99. The number of thiazole rings is 1. The maximum absolute atomic E-state index is 11.1. The van der Waals surface area contributed by atoms with Gasteiger partial charge in [-0.3, -0.25) is 0 Å². The first kappa shape index (κ1) is 13.6. The number of aromatic nitrogens is 1. The molecule has 0 amide bonds. The van der Waals surface area contributed by atoms with E-state index in [1.54, 1.807) is 23.8 Å². The molecule has 0 fully saturated rings. The SMILES string of the molecule is CCS(=O)(=O)NCCCNCc1cscn1. The van der Waals surface area contributed by atoms with Crippen molar-refractivity contribution in [2.45, 2.75) is 19.9 Å². The summed E-state index contributed by atoms with van der Waals surface area (Å²) in [6.45, 7) is 3.64. The van der Waals surface area contributed by atoms with Crippen LogP contribution in [-0.4, -0.2) is 32.2 Å². The van der Waals surface area contributed by atoms with Crippen molar-refractivity contribution in [1.29, 1.82) is 0 Å². The summed E-state index contributed by atoms with van der Waals surface area (Å²) in [7, 11) is -3.04. The summed E-state index contributed by atoms with van der Waals surface area (Å²) in [6, 6.07) is 0. The van der Waals surface area contributed by atoms with Gasteiger partial charge in [-0.25, -0.2) is 18.1 Å². The fourth-order valence-corrected chi connectivity index (χ4v) is 2.30. The van der Waals surface area contributed by atoms with Crippen LogP contribution in [0.15, 0.2) is 10.9 Å². The summed E-state index contributed by atoms with van der Waals surface area (Å²) >= 11 is 1.57. The molecule has 1 heterocycles. The van der Waals surface area contributed by atoms with Crippen LogP contribution in [0, 0.1) is 0 Å². The highest BCUT2D eigenvalue weighted by Gasteiger charge is 2.03. The Morgan fingerprint density at radius 1 is 1.44 bits per heavy atom. The zero-order valence-corrected chi connectivity index (χ0v) is 10.9. The second kappa shape index (κ2) is 6.95. The van der Waals surface area contributed by atoms with Crippen molar-refractivity contribution in [3.63, 3.8) is 0 Å². The first-order chi connectivity index (χ1) is 7.64. The molecule has 0 radical (unpaired) electrons. The van der Waals surface area contributed by atoms with Gasteiger partial charge in [0, 0.05) is 18.5 Å². The molecule has 16 heavy (non-hydrogen) atoms.